The number of nitrogens with one attached hydrogen (secondary N) is 4. The highest BCUT2D eigenvalue weighted by Crippen LogP contribution is 2.31. The third-order valence-corrected chi connectivity index (χ3v) is 9.69. The smallest absolute Gasteiger partial charge is 0.348 e. The minimum absolute atomic E-state index is 0.0940. The van der Waals surface area contributed by atoms with Crippen molar-refractivity contribution < 1.29 is 33.4 Å². The number of likely N-dealkylation sites (tertiary alicyclic amines) is 1. The predicted octanol–water partition coefficient (Wildman–Crippen LogP) is 1.18. The number of hydrogen-bond acceptors (Lipinski definition) is 9. The zero-order valence-corrected chi connectivity index (χ0v) is 31.3. The lowest BCUT2D eigenvalue weighted by Crippen LogP contribution is -2.62. The number of rotatable bonds is 5. The van der Waals surface area contributed by atoms with E-state index in [1.54, 1.807) is 62.9 Å². The van der Waals surface area contributed by atoms with Crippen molar-refractivity contribution in [3.05, 3.63) is 88.1 Å². The van der Waals surface area contributed by atoms with Crippen LogP contribution in [0.15, 0.2) is 65.5 Å². The number of aryl methyl sites for hydroxylation is 2. The number of ether oxygens (including phenoxy) is 2. The molecule has 1 fully saturated rings. The Morgan fingerprint density at radius 3 is 2.20 bits per heavy atom. The maximum absolute atomic E-state index is 14.1. The number of carbonyl (C=O) groups excluding carboxylic acids is 5. The third kappa shape index (κ3) is 9.82. The van der Waals surface area contributed by atoms with Gasteiger partial charge in [-0.25, -0.2) is 4.79 Å². The predicted molar refractivity (Wildman–Crippen MR) is 199 cm³/mol. The number of carbonyl (C=O) groups is 5. The fourth-order valence-electron chi connectivity index (χ4n) is 6.52. The van der Waals surface area contributed by atoms with Gasteiger partial charge in [0.05, 0.1) is 6.54 Å². The van der Waals surface area contributed by atoms with Gasteiger partial charge in [0.15, 0.2) is 5.60 Å². The van der Waals surface area contributed by atoms with Gasteiger partial charge in [-0.15, -0.1) is 0 Å². The highest BCUT2D eigenvalue weighted by molar-refractivity contribution is 5.95. The van der Waals surface area contributed by atoms with Crippen molar-refractivity contribution in [1.82, 2.24) is 35.7 Å². The summed E-state index contributed by atoms with van der Waals surface area (Å²) in [6.45, 7) is 8.89. The van der Waals surface area contributed by atoms with E-state index in [9.17, 15) is 28.8 Å². The normalized spacial score (nSPS) is 21.3. The van der Waals surface area contributed by atoms with Gasteiger partial charge in [-0.2, -0.15) is 4.98 Å². The Labute approximate surface area is 314 Å². The Kier molecular flexibility index (Phi) is 12.7. The minimum Gasteiger partial charge on any atom is -0.492 e. The van der Waals surface area contributed by atoms with E-state index < -0.39 is 53.0 Å². The number of piperidine rings is 1. The van der Waals surface area contributed by atoms with E-state index in [-0.39, 0.29) is 63.9 Å². The van der Waals surface area contributed by atoms with Crippen molar-refractivity contribution in [2.24, 2.45) is 5.92 Å². The van der Waals surface area contributed by atoms with Gasteiger partial charge in [0.25, 0.3) is 5.91 Å². The molecule has 1 aromatic heterocycles. The van der Waals surface area contributed by atoms with E-state index in [1.165, 1.54) is 11.5 Å². The summed E-state index contributed by atoms with van der Waals surface area (Å²) in [5.41, 5.74) is 0.0381. The molecular formula is C39H49N7O8. The molecule has 3 aliphatic rings. The van der Waals surface area contributed by atoms with Gasteiger partial charge >= 0.3 is 5.69 Å². The monoisotopic (exact) mass is 743 g/mol. The lowest BCUT2D eigenvalue weighted by Gasteiger charge is -2.41. The number of hydrogen-bond donors (Lipinski definition) is 4. The summed E-state index contributed by atoms with van der Waals surface area (Å²) >= 11 is 0. The van der Waals surface area contributed by atoms with Gasteiger partial charge in [-0.1, -0.05) is 44.2 Å². The zero-order valence-electron chi connectivity index (χ0n) is 31.3. The molecule has 0 radical (unpaired) electrons. The maximum atomic E-state index is 14.1. The highest BCUT2D eigenvalue weighted by Gasteiger charge is 2.46. The molecule has 54 heavy (non-hydrogen) atoms. The second-order valence-corrected chi connectivity index (χ2v) is 14.2. The molecule has 1 spiro atoms. The van der Waals surface area contributed by atoms with Crippen LogP contribution < -0.4 is 36.4 Å². The van der Waals surface area contributed by atoms with Gasteiger partial charge < -0.3 is 35.6 Å². The number of amides is 5. The Balaban J connectivity index is 1.36. The molecule has 2 bridgehead atoms. The van der Waals surface area contributed by atoms with Crippen molar-refractivity contribution in [2.75, 3.05) is 26.2 Å². The van der Waals surface area contributed by atoms with E-state index in [2.05, 4.69) is 26.3 Å². The van der Waals surface area contributed by atoms with E-state index in [0.29, 0.717) is 22.9 Å². The Hall–Kier alpha value is -5.73. The van der Waals surface area contributed by atoms with Gasteiger partial charge in [0, 0.05) is 43.7 Å². The SMILES string of the molecule is Cc1cc(C)n(CC(=O)N2CCC3(CC2)Oc2ccc(cc2)OCCNC(=O)[C@H](Cc2ccccc2)NC(=O)[C@@H](C(C)C)NC(=O)[C@@H](C)NC3=O)c(=O)n1. The summed E-state index contributed by atoms with van der Waals surface area (Å²) in [7, 11) is 0. The molecular weight excluding hydrogens is 694 g/mol. The van der Waals surface area contributed by atoms with Crippen LogP contribution in [0.4, 0.5) is 0 Å². The van der Waals surface area contributed by atoms with Crippen LogP contribution in [0.3, 0.4) is 0 Å². The summed E-state index contributed by atoms with van der Waals surface area (Å²) < 4.78 is 13.6. The van der Waals surface area contributed by atoms with Crippen LogP contribution >= 0.6 is 0 Å². The van der Waals surface area contributed by atoms with Crippen LogP contribution in [0.1, 0.15) is 50.6 Å². The van der Waals surface area contributed by atoms with Crippen molar-refractivity contribution in [3.63, 3.8) is 0 Å². The molecule has 1 saturated heterocycles. The topological polar surface area (TPSA) is 190 Å². The lowest BCUT2D eigenvalue weighted by molar-refractivity contribution is -0.148. The standard InChI is InChI=1S/C39H49N7O8/c1-24(2)33-36(50)43-31(22-28-9-7-6-8-10-28)35(49)40-17-20-53-29-11-13-30(14-12-29)54-39(37(51)42-27(5)34(48)44-33)15-18-45(19-16-39)32(47)23-46-26(4)21-25(3)41-38(46)52/h6-14,21,24,27,31,33H,15-20,22-23H2,1-5H3,(H,40,49)(H,42,51)(H,43,50)(H,44,48)/t27-,31+,33-/m1/s1. The molecule has 3 aromatic rings. The molecule has 4 N–H and O–H groups in total. The Morgan fingerprint density at radius 2 is 1.56 bits per heavy atom. The van der Waals surface area contributed by atoms with Crippen molar-refractivity contribution in [2.45, 2.75) is 84.2 Å². The van der Waals surface area contributed by atoms with Gasteiger partial charge in [0.1, 0.15) is 42.8 Å². The second kappa shape index (κ2) is 17.4. The van der Waals surface area contributed by atoms with E-state index >= 15 is 0 Å². The van der Waals surface area contributed by atoms with E-state index in [1.807, 2.05) is 30.3 Å². The number of fused-ring (bicyclic) bond motifs is 15. The van der Waals surface area contributed by atoms with Gasteiger partial charge in [0.2, 0.25) is 23.6 Å². The molecule has 3 aliphatic heterocycles. The van der Waals surface area contributed by atoms with Gasteiger partial charge in [-0.05, 0) is 62.6 Å². The molecule has 6 rings (SSSR count). The molecule has 15 nitrogen and oxygen atoms in total. The summed E-state index contributed by atoms with van der Waals surface area (Å²) in [6, 6.07) is 14.6. The molecule has 0 aliphatic carbocycles. The fraction of sp³-hybridized carbons (Fsp3) is 0.462. The number of nitrogens with zero attached hydrogens (tertiary/aromatic N) is 3. The number of benzene rings is 2. The molecule has 0 saturated carbocycles. The first-order valence-electron chi connectivity index (χ1n) is 18.2. The summed E-state index contributed by atoms with van der Waals surface area (Å²) in [5.74, 6) is -1.92. The molecule has 5 amide bonds. The van der Waals surface area contributed by atoms with Crippen molar-refractivity contribution >= 4 is 29.5 Å². The largest absolute Gasteiger partial charge is 0.492 e. The number of aromatic nitrogens is 2. The molecule has 15 heteroatoms. The Morgan fingerprint density at radius 1 is 0.889 bits per heavy atom. The van der Waals surface area contributed by atoms with Crippen LogP contribution in [0.5, 0.6) is 11.5 Å². The first kappa shape index (κ1) is 39.5. The Bertz CT molecular complexity index is 1890. The molecule has 3 atom stereocenters. The quantitative estimate of drug-likeness (QED) is 0.278. The van der Waals surface area contributed by atoms with Crippen molar-refractivity contribution in [1.29, 1.82) is 0 Å². The zero-order chi connectivity index (χ0) is 39.0. The highest BCUT2D eigenvalue weighted by atomic mass is 16.5. The van der Waals surface area contributed by atoms with Crippen LogP contribution in [0.2, 0.25) is 0 Å². The molecule has 288 valence electrons. The lowest BCUT2D eigenvalue weighted by atomic mass is 9.89. The first-order valence-corrected chi connectivity index (χ1v) is 18.2. The summed E-state index contributed by atoms with van der Waals surface area (Å²) in [4.78, 5) is 86.1. The van der Waals surface area contributed by atoms with Crippen LogP contribution in [-0.4, -0.2) is 94.0 Å². The van der Waals surface area contributed by atoms with Crippen LogP contribution in [-0.2, 0) is 36.9 Å². The summed E-state index contributed by atoms with van der Waals surface area (Å²) in [6.07, 6.45) is 0.409. The molecule has 2 aromatic carbocycles. The second-order valence-electron chi connectivity index (χ2n) is 14.2. The third-order valence-electron chi connectivity index (χ3n) is 9.69. The van der Waals surface area contributed by atoms with Crippen LogP contribution in [0, 0.1) is 19.8 Å². The summed E-state index contributed by atoms with van der Waals surface area (Å²) in [5, 5.41) is 11.2. The van der Waals surface area contributed by atoms with Crippen LogP contribution in [0.25, 0.3) is 0 Å². The van der Waals surface area contributed by atoms with Crippen molar-refractivity contribution in [3.8, 4) is 11.5 Å². The van der Waals surface area contributed by atoms with E-state index in [4.69, 9.17) is 9.47 Å². The molecule has 0 unspecified atom stereocenters. The average molecular weight is 744 g/mol. The van der Waals surface area contributed by atoms with E-state index in [0.717, 1.165) is 5.56 Å². The fourth-order valence-corrected chi connectivity index (χ4v) is 6.52. The first-order chi connectivity index (χ1) is 25.7. The maximum Gasteiger partial charge on any atom is 0.348 e. The van der Waals surface area contributed by atoms with Gasteiger partial charge in [-0.3, -0.25) is 28.5 Å². The average Bonchev–Trinajstić information content (AvgIpc) is 3.14. The minimum atomic E-state index is -1.46. The molecule has 4 heterocycles.